The van der Waals surface area contributed by atoms with E-state index in [0.717, 1.165) is 4.47 Å². The van der Waals surface area contributed by atoms with Crippen LogP contribution in [-0.2, 0) is 9.59 Å². The third-order valence-electron chi connectivity index (χ3n) is 4.49. The van der Waals surface area contributed by atoms with Crippen molar-refractivity contribution in [1.29, 1.82) is 0 Å². The zero-order chi connectivity index (χ0) is 19.8. The molecule has 144 valence electrons. The molecule has 2 aliphatic heterocycles. The van der Waals surface area contributed by atoms with Gasteiger partial charge in [-0.25, -0.2) is 0 Å². The molecule has 0 aliphatic carbocycles. The molecule has 0 radical (unpaired) electrons. The molecule has 8 nitrogen and oxygen atoms in total. The van der Waals surface area contributed by atoms with Gasteiger partial charge in [-0.15, -0.1) is 0 Å². The summed E-state index contributed by atoms with van der Waals surface area (Å²) in [6.07, 6.45) is -0.0357. The second kappa shape index (κ2) is 7.16. The van der Waals surface area contributed by atoms with Crippen LogP contribution >= 0.6 is 15.9 Å². The molecule has 2 aromatic rings. The van der Waals surface area contributed by atoms with Crippen LogP contribution in [0.1, 0.15) is 16.8 Å². The number of ether oxygens (including phenoxy) is 2. The van der Waals surface area contributed by atoms with E-state index < -0.39 is 11.9 Å². The molecule has 0 fully saturated rings. The van der Waals surface area contributed by atoms with Gasteiger partial charge in [-0.3, -0.25) is 19.3 Å². The number of amides is 3. The maximum absolute atomic E-state index is 13.4. The van der Waals surface area contributed by atoms with Gasteiger partial charge in [0.2, 0.25) is 5.91 Å². The Morgan fingerprint density at radius 2 is 2.00 bits per heavy atom. The summed E-state index contributed by atoms with van der Waals surface area (Å²) in [5.41, 5.74) is 6.69. The largest absolute Gasteiger partial charge is 0.489 e. The fourth-order valence-electron chi connectivity index (χ4n) is 3.27. The maximum atomic E-state index is 13.4. The lowest BCUT2D eigenvalue weighted by atomic mass is 10.0. The lowest BCUT2D eigenvalue weighted by molar-refractivity contribution is -0.119. The molecule has 0 spiro atoms. The molecule has 3 N–H and O–H groups in total. The summed E-state index contributed by atoms with van der Waals surface area (Å²) < 4.78 is 11.9. The van der Waals surface area contributed by atoms with Gasteiger partial charge in [-0.05, 0) is 36.4 Å². The van der Waals surface area contributed by atoms with Gasteiger partial charge < -0.3 is 20.5 Å². The molecule has 9 heteroatoms. The third kappa shape index (κ3) is 3.40. The van der Waals surface area contributed by atoms with Crippen LogP contribution in [0.4, 0.5) is 11.4 Å². The second-order valence-corrected chi connectivity index (χ2v) is 7.39. The summed E-state index contributed by atoms with van der Waals surface area (Å²) in [4.78, 5) is 38.0. The van der Waals surface area contributed by atoms with Crippen LogP contribution in [0.3, 0.4) is 0 Å². The maximum Gasteiger partial charge on any atom is 0.262 e. The summed E-state index contributed by atoms with van der Waals surface area (Å²) in [6.45, 7) is 0.0790. The lowest BCUT2D eigenvalue weighted by Crippen LogP contribution is -2.48. The highest BCUT2D eigenvalue weighted by atomic mass is 79.9. The summed E-state index contributed by atoms with van der Waals surface area (Å²) in [7, 11) is 0. The molecule has 0 aromatic heterocycles. The average Bonchev–Trinajstić information content (AvgIpc) is 2.66. The van der Waals surface area contributed by atoms with E-state index in [1.54, 1.807) is 36.4 Å². The zero-order valence-electron chi connectivity index (χ0n) is 14.6. The van der Waals surface area contributed by atoms with E-state index >= 15 is 0 Å². The number of primary amides is 1. The summed E-state index contributed by atoms with van der Waals surface area (Å²) in [6, 6.07) is 9.56. The van der Waals surface area contributed by atoms with E-state index in [4.69, 9.17) is 15.2 Å². The van der Waals surface area contributed by atoms with Crippen molar-refractivity contribution < 1.29 is 23.9 Å². The van der Waals surface area contributed by atoms with Crippen molar-refractivity contribution in [3.8, 4) is 11.5 Å². The average molecular weight is 446 g/mol. The molecule has 2 heterocycles. The molecule has 2 aromatic carbocycles. The third-order valence-corrected chi connectivity index (χ3v) is 4.99. The molecular weight excluding hydrogens is 430 g/mol. The molecule has 2 aliphatic rings. The quantitative estimate of drug-likeness (QED) is 0.750. The Morgan fingerprint density at radius 3 is 2.79 bits per heavy atom. The van der Waals surface area contributed by atoms with E-state index in [9.17, 15) is 14.4 Å². The number of rotatable bonds is 3. The minimum atomic E-state index is -0.541. The number of halogens is 1. The summed E-state index contributed by atoms with van der Waals surface area (Å²) >= 11 is 3.38. The van der Waals surface area contributed by atoms with Crippen molar-refractivity contribution in [3.63, 3.8) is 0 Å². The minimum absolute atomic E-state index is 0.0357. The molecular formula is C19H16BrN3O5. The van der Waals surface area contributed by atoms with Gasteiger partial charge in [-0.1, -0.05) is 15.9 Å². The van der Waals surface area contributed by atoms with Gasteiger partial charge in [0.25, 0.3) is 11.8 Å². The zero-order valence-corrected chi connectivity index (χ0v) is 16.2. The van der Waals surface area contributed by atoms with E-state index in [2.05, 4.69) is 21.2 Å². The minimum Gasteiger partial charge on any atom is -0.489 e. The number of nitrogens with one attached hydrogen (secondary N) is 1. The van der Waals surface area contributed by atoms with Gasteiger partial charge in [0.1, 0.15) is 18.1 Å². The molecule has 0 bridgehead atoms. The van der Waals surface area contributed by atoms with E-state index in [-0.39, 0.29) is 31.4 Å². The predicted octanol–water partition coefficient (Wildman–Crippen LogP) is 2.06. The number of fused-ring (bicyclic) bond motifs is 2. The van der Waals surface area contributed by atoms with Crippen LogP contribution in [0.15, 0.2) is 40.9 Å². The molecule has 4 rings (SSSR count). The Morgan fingerprint density at radius 1 is 1.18 bits per heavy atom. The number of carbonyl (C=O) groups excluding carboxylic acids is 3. The second-order valence-electron chi connectivity index (χ2n) is 6.47. The first-order valence-corrected chi connectivity index (χ1v) is 9.32. The Balaban J connectivity index is 1.74. The number of hydrogen-bond acceptors (Lipinski definition) is 5. The number of anilines is 2. The van der Waals surface area contributed by atoms with Crippen LogP contribution in [0.25, 0.3) is 0 Å². The van der Waals surface area contributed by atoms with Crippen LogP contribution in [0, 0.1) is 0 Å². The van der Waals surface area contributed by atoms with E-state index in [1.807, 2.05) is 0 Å². The van der Waals surface area contributed by atoms with Crippen molar-refractivity contribution in [1.82, 2.24) is 0 Å². The highest BCUT2D eigenvalue weighted by Gasteiger charge is 2.34. The molecule has 0 saturated carbocycles. The highest BCUT2D eigenvalue weighted by Crippen LogP contribution is 2.38. The van der Waals surface area contributed by atoms with Crippen LogP contribution in [0.2, 0.25) is 0 Å². The van der Waals surface area contributed by atoms with Crippen molar-refractivity contribution in [2.75, 3.05) is 23.4 Å². The van der Waals surface area contributed by atoms with Crippen LogP contribution < -0.4 is 25.4 Å². The first-order valence-electron chi connectivity index (χ1n) is 8.53. The normalized spacial score (nSPS) is 17.5. The monoisotopic (exact) mass is 445 g/mol. The van der Waals surface area contributed by atoms with Gasteiger partial charge >= 0.3 is 0 Å². The highest BCUT2D eigenvalue weighted by molar-refractivity contribution is 9.10. The molecule has 1 unspecified atom stereocenters. The number of hydrogen-bond donors (Lipinski definition) is 2. The van der Waals surface area contributed by atoms with Gasteiger partial charge in [0.05, 0.1) is 23.8 Å². The van der Waals surface area contributed by atoms with Gasteiger partial charge in [0, 0.05) is 10.0 Å². The molecule has 3 amide bonds. The first kappa shape index (κ1) is 18.3. The number of nitrogens with two attached hydrogens (primary N) is 1. The Hall–Kier alpha value is -3.07. The smallest absolute Gasteiger partial charge is 0.262 e. The summed E-state index contributed by atoms with van der Waals surface area (Å²) in [5, 5.41) is 2.69. The topological polar surface area (TPSA) is 111 Å². The lowest BCUT2D eigenvalue weighted by Gasteiger charge is -2.36. The molecule has 0 saturated heterocycles. The Bertz CT molecular complexity index is 994. The van der Waals surface area contributed by atoms with Gasteiger partial charge in [-0.2, -0.15) is 0 Å². The standard InChI is InChI=1S/C19H16BrN3O5/c20-11-2-3-14-16(6-11)27-8-12(7-17(21)24)23(14)19(26)10-1-4-15-13(5-10)22-18(25)9-28-15/h1-6,12H,7-9H2,(H2,21,24)(H,22,25). The van der Waals surface area contributed by atoms with Crippen LogP contribution in [-0.4, -0.2) is 37.0 Å². The fourth-order valence-corrected chi connectivity index (χ4v) is 3.61. The molecule has 1 atom stereocenters. The van der Waals surface area contributed by atoms with Crippen molar-refractivity contribution in [2.24, 2.45) is 5.73 Å². The van der Waals surface area contributed by atoms with Crippen LogP contribution in [0.5, 0.6) is 11.5 Å². The predicted molar refractivity (Wildman–Crippen MR) is 105 cm³/mol. The number of nitrogens with zero attached hydrogens (tertiary/aromatic N) is 1. The van der Waals surface area contributed by atoms with Crippen molar-refractivity contribution in [3.05, 3.63) is 46.4 Å². The number of carbonyl (C=O) groups is 3. The summed E-state index contributed by atoms with van der Waals surface area (Å²) in [5.74, 6) is -0.127. The van der Waals surface area contributed by atoms with Crippen molar-refractivity contribution >= 4 is 45.0 Å². The Kier molecular flexibility index (Phi) is 4.68. The fraction of sp³-hybridized carbons (Fsp3) is 0.211. The van der Waals surface area contributed by atoms with E-state index in [1.165, 1.54) is 4.90 Å². The Labute approximate surface area is 168 Å². The molecule has 28 heavy (non-hydrogen) atoms. The SMILES string of the molecule is NC(=O)CC1COc2cc(Br)ccc2N1C(=O)c1ccc2c(c1)NC(=O)CO2. The number of benzene rings is 2. The first-order chi connectivity index (χ1) is 13.4. The van der Waals surface area contributed by atoms with Crippen molar-refractivity contribution in [2.45, 2.75) is 12.5 Å². The van der Waals surface area contributed by atoms with Gasteiger partial charge in [0.15, 0.2) is 6.61 Å². The van der Waals surface area contributed by atoms with E-state index in [0.29, 0.717) is 28.4 Å².